The Balaban J connectivity index is 1.58. The van der Waals surface area contributed by atoms with Gasteiger partial charge in [0.25, 0.3) is 5.91 Å². The number of hydrogen-bond acceptors (Lipinski definition) is 7. The van der Waals surface area contributed by atoms with Crippen LogP contribution in [-0.2, 0) is 5.54 Å². The van der Waals surface area contributed by atoms with Crippen molar-refractivity contribution < 1.29 is 14.6 Å². The van der Waals surface area contributed by atoms with E-state index in [-0.39, 0.29) is 11.7 Å². The van der Waals surface area contributed by atoms with Crippen LogP contribution in [0, 0.1) is 0 Å². The lowest BCUT2D eigenvalue weighted by atomic mass is 9.75. The van der Waals surface area contributed by atoms with Gasteiger partial charge in [0.2, 0.25) is 0 Å². The number of nitrogens with zero attached hydrogens (tertiary/aromatic N) is 5. The minimum absolute atomic E-state index is 0.0681. The Morgan fingerprint density at radius 1 is 0.750 bits per heavy atom. The van der Waals surface area contributed by atoms with Crippen LogP contribution in [0.4, 0.5) is 17.1 Å². The number of fused-ring (bicyclic) bond motifs is 6. The van der Waals surface area contributed by atoms with Gasteiger partial charge in [-0.3, -0.25) is 9.79 Å². The quantitative estimate of drug-likeness (QED) is 0.208. The summed E-state index contributed by atoms with van der Waals surface area (Å²) >= 11 is 0. The Morgan fingerprint density at radius 2 is 1.32 bits per heavy atom. The van der Waals surface area contributed by atoms with Gasteiger partial charge in [0.05, 0.1) is 6.21 Å². The highest BCUT2D eigenvalue weighted by Gasteiger charge is 2.57. The maximum absolute atomic E-state index is 14.2. The predicted molar refractivity (Wildman–Crippen MR) is 177 cm³/mol. The van der Waals surface area contributed by atoms with Crippen molar-refractivity contribution in [2.75, 3.05) is 36.0 Å². The van der Waals surface area contributed by atoms with Gasteiger partial charge in [0, 0.05) is 78.2 Å². The average Bonchev–Trinajstić information content (AvgIpc) is 3.29. The topological polar surface area (TPSA) is 81.0 Å². The SMILES string of the molecule is CCN(CC)c1ccc2c(c1)Oc1cc(N(CC)CC)ccc1C21c2ccccc2C(=O)N1/N=C/C=N/c1ccccc1O. The van der Waals surface area contributed by atoms with Gasteiger partial charge in [-0.05, 0) is 58.0 Å². The molecule has 8 heteroatoms. The highest BCUT2D eigenvalue weighted by atomic mass is 16.5. The summed E-state index contributed by atoms with van der Waals surface area (Å²) in [6, 6.07) is 27.0. The minimum atomic E-state index is -1.07. The van der Waals surface area contributed by atoms with Crippen LogP contribution in [0.2, 0.25) is 0 Å². The summed E-state index contributed by atoms with van der Waals surface area (Å²) in [6.07, 6.45) is 2.99. The van der Waals surface area contributed by atoms with Gasteiger partial charge in [-0.25, -0.2) is 5.01 Å². The molecule has 1 spiro atoms. The molecule has 8 nitrogen and oxygen atoms in total. The summed E-state index contributed by atoms with van der Waals surface area (Å²) in [5.74, 6) is 1.23. The molecule has 224 valence electrons. The molecule has 0 radical (unpaired) electrons. The Hall–Kier alpha value is -5.11. The van der Waals surface area contributed by atoms with E-state index in [2.05, 4.69) is 78.9 Å². The molecule has 1 N–H and O–H groups in total. The van der Waals surface area contributed by atoms with Crippen LogP contribution in [0.15, 0.2) is 95.0 Å². The molecular weight excluding hydrogens is 550 g/mol. The van der Waals surface area contributed by atoms with Gasteiger partial charge in [0.15, 0.2) is 0 Å². The number of ether oxygens (including phenoxy) is 1. The first kappa shape index (κ1) is 29.0. The summed E-state index contributed by atoms with van der Waals surface area (Å²) in [7, 11) is 0. The lowest BCUT2D eigenvalue weighted by molar-refractivity contribution is 0.0675. The molecule has 0 fully saturated rings. The molecule has 2 aliphatic heterocycles. The molecular formula is C36H37N5O3. The van der Waals surface area contributed by atoms with E-state index in [0.717, 1.165) is 54.2 Å². The van der Waals surface area contributed by atoms with Crippen molar-refractivity contribution in [3.8, 4) is 17.2 Å². The first-order valence-electron chi connectivity index (χ1n) is 15.2. The second-order valence-electron chi connectivity index (χ2n) is 10.7. The maximum Gasteiger partial charge on any atom is 0.275 e. The van der Waals surface area contributed by atoms with Crippen molar-refractivity contribution in [1.29, 1.82) is 0 Å². The third-order valence-corrected chi connectivity index (χ3v) is 8.59. The molecule has 0 unspecified atom stereocenters. The van der Waals surface area contributed by atoms with Crippen LogP contribution >= 0.6 is 0 Å². The maximum atomic E-state index is 14.2. The summed E-state index contributed by atoms with van der Waals surface area (Å²) in [5.41, 5.74) is 4.55. The second kappa shape index (κ2) is 11.9. The highest BCUT2D eigenvalue weighted by molar-refractivity contribution is 6.17. The monoisotopic (exact) mass is 587 g/mol. The van der Waals surface area contributed by atoms with Crippen LogP contribution < -0.4 is 14.5 Å². The molecule has 0 bridgehead atoms. The number of aromatic hydroxyl groups is 1. The van der Waals surface area contributed by atoms with Gasteiger partial charge >= 0.3 is 0 Å². The fourth-order valence-corrected chi connectivity index (χ4v) is 6.43. The predicted octanol–water partition coefficient (Wildman–Crippen LogP) is 7.33. The lowest BCUT2D eigenvalue weighted by Crippen LogP contribution is -2.44. The van der Waals surface area contributed by atoms with E-state index in [1.807, 2.05) is 24.3 Å². The third-order valence-electron chi connectivity index (χ3n) is 8.59. The van der Waals surface area contributed by atoms with E-state index in [0.29, 0.717) is 22.7 Å². The Bertz CT molecular complexity index is 1700. The Morgan fingerprint density at radius 3 is 1.91 bits per heavy atom. The number of rotatable bonds is 9. The number of hydrazone groups is 1. The number of aliphatic imine (C=N–C) groups is 1. The van der Waals surface area contributed by atoms with Crippen molar-refractivity contribution in [3.05, 3.63) is 107 Å². The van der Waals surface area contributed by atoms with Crippen molar-refractivity contribution in [2.45, 2.75) is 33.2 Å². The molecule has 44 heavy (non-hydrogen) atoms. The van der Waals surface area contributed by atoms with Gasteiger partial charge in [-0.2, -0.15) is 5.10 Å². The van der Waals surface area contributed by atoms with Crippen molar-refractivity contribution >= 4 is 35.4 Å². The number of anilines is 2. The highest BCUT2D eigenvalue weighted by Crippen LogP contribution is 2.58. The molecule has 2 aliphatic rings. The zero-order valence-electron chi connectivity index (χ0n) is 25.6. The summed E-state index contributed by atoms with van der Waals surface area (Å²) in [4.78, 5) is 23.1. The molecule has 1 amide bonds. The number of para-hydroxylation sites is 2. The number of carbonyl (C=O) groups is 1. The average molecular weight is 588 g/mol. The normalized spacial score (nSPS) is 14.5. The molecule has 2 heterocycles. The Labute approximate surface area is 258 Å². The molecule has 6 rings (SSSR count). The largest absolute Gasteiger partial charge is 0.506 e. The van der Waals surface area contributed by atoms with Gasteiger partial charge in [-0.15, -0.1) is 0 Å². The standard InChI is InChI=1S/C36H37N5O3/c1-5-39(6-2)25-17-19-29-33(23-25)44-34-24-26(40(7-3)8-4)18-20-30(34)36(29)28-14-10-9-13-27(28)35(43)41(36)38-22-21-37-31-15-11-12-16-32(31)42/h9-24,42H,5-8H2,1-4H3/b37-21+,38-22+. The number of hydrogen-bond donors (Lipinski definition) is 1. The van der Waals surface area contributed by atoms with Gasteiger partial charge < -0.3 is 19.6 Å². The summed E-state index contributed by atoms with van der Waals surface area (Å²) in [5, 5.41) is 16.5. The van der Waals surface area contributed by atoms with Crippen LogP contribution in [0.3, 0.4) is 0 Å². The van der Waals surface area contributed by atoms with Gasteiger partial charge in [-0.1, -0.05) is 42.5 Å². The molecule has 4 aromatic rings. The number of amides is 1. The first-order chi connectivity index (χ1) is 21.5. The van der Waals surface area contributed by atoms with Crippen LogP contribution in [0.1, 0.15) is 54.7 Å². The Kier molecular flexibility index (Phi) is 7.82. The van der Waals surface area contributed by atoms with Crippen LogP contribution in [-0.4, -0.2) is 54.6 Å². The van der Waals surface area contributed by atoms with E-state index < -0.39 is 5.54 Å². The fourth-order valence-electron chi connectivity index (χ4n) is 6.43. The van der Waals surface area contributed by atoms with Gasteiger partial charge in [0.1, 0.15) is 28.5 Å². The number of phenolic OH excluding ortho intramolecular Hbond substituents is 1. The smallest absolute Gasteiger partial charge is 0.275 e. The van der Waals surface area contributed by atoms with E-state index >= 15 is 0 Å². The van der Waals surface area contributed by atoms with E-state index in [1.165, 1.54) is 12.4 Å². The second-order valence-corrected chi connectivity index (χ2v) is 10.7. The first-order valence-corrected chi connectivity index (χ1v) is 15.2. The summed E-state index contributed by atoms with van der Waals surface area (Å²) < 4.78 is 6.72. The molecule has 0 aromatic heterocycles. The number of carbonyl (C=O) groups excluding carboxylic acids is 1. The minimum Gasteiger partial charge on any atom is -0.506 e. The van der Waals surface area contributed by atoms with Crippen LogP contribution in [0.5, 0.6) is 17.2 Å². The third kappa shape index (κ3) is 4.58. The zero-order valence-corrected chi connectivity index (χ0v) is 25.6. The molecule has 0 saturated heterocycles. The molecule has 0 aliphatic carbocycles. The van der Waals surface area contributed by atoms with E-state index in [4.69, 9.17) is 9.84 Å². The summed E-state index contributed by atoms with van der Waals surface area (Å²) in [6.45, 7) is 12.0. The molecule has 0 saturated carbocycles. The molecule has 0 atom stereocenters. The van der Waals surface area contributed by atoms with E-state index in [9.17, 15) is 9.90 Å². The zero-order chi connectivity index (χ0) is 30.8. The molecule has 4 aromatic carbocycles. The van der Waals surface area contributed by atoms with Crippen molar-refractivity contribution in [2.24, 2.45) is 10.1 Å². The fraction of sp³-hybridized carbons (Fsp3) is 0.250. The van der Waals surface area contributed by atoms with Crippen LogP contribution in [0.25, 0.3) is 0 Å². The lowest BCUT2D eigenvalue weighted by Gasteiger charge is -2.42. The number of benzene rings is 4. The van der Waals surface area contributed by atoms with E-state index in [1.54, 1.807) is 29.3 Å². The number of phenols is 1. The van der Waals surface area contributed by atoms with Crippen molar-refractivity contribution in [3.63, 3.8) is 0 Å². The van der Waals surface area contributed by atoms with Crippen molar-refractivity contribution in [1.82, 2.24) is 5.01 Å².